The number of piperidine rings is 1. The van der Waals surface area contributed by atoms with E-state index in [-0.39, 0.29) is 41.3 Å². The van der Waals surface area contributed by atoms with E-state index in [9.17, 15) is 23.1 Å². The maximum absolute atomic E-state index is 12.7. The highest BCUT2D eigenvalue weighted by atomic mass is 32.2. The standard InChI is InChI=1S/C24H31N5O6S/c1-35-20-4-2-3-5-21(20)36(33,34)28-19(24(31)32)15-27-22(30)14-16-10-12-29(13-11-16)18-8-6-17(7-9-18)23(25)26/h2-9,16,19,28H,10-15H2,1H3,(H3,25,26)(H,27,30)(H,31,32). The van der Waals surface area contributed by atoms with Crippen LogP contribution in [-0.4, -0.2) is 64.0 Å². The topological polar surface area (TPSA) is 175 Å². The van der Waals surface area contributed by atoms with Gasteiger partial charge in [-0.05, 0) is 55.2 Å². The second-order valence-corrected chi connectivity index (χ2v) is 10.2. The third kappa shape index (κ3) is 6.95. The summed E-state index contributed by atoms with van der Waals surface area (Å²) in [5.41, 5.74) is 7.18. The van der Waals surface area contributed by atoms with Gasteiger partial charge in [-0.1, -0.05) is 12.1 Å². The Morgan fingerprint density at radius 1 is 1.17 bits per heavy atom. The summed E-state index contributed by atoms with van der Waals surface area (Å²) in [7, 11) is -2.88. The van der Waals surface area contributed by atoms with Crippen molar-refractivity contribution in [1.29, 1.82) is 5.41 Å². The van der Waals surface area contributed by atoms with Crippen LogP contribution in [0.25, 0.3) is 0 Å². The van der Waals surface area contributed by atoms with Crippen LogP contribution in [-0.2, 0) is 19.6 Å². The number of sulfonamides is 1. The second-order valence-electron chi connectivity index (χ2n) is 8.56. The molecule has 1 amide bonds. The molecule has 194 valence electrons. The van der Waals surface area contributed by atoms with Gasteiger partial charge in [-0.3, -0.25) is 15.0 Å². The lowest BCUT2D eigenvalue weighted by Crippen LogP contribution is -2.48. The minimum Gasteiger partial charge on any atom is -0.495 e. The number of carboxylic acids is 1. The van der Waals surface area contributed by atoms with Crippen molar-refractivity contribution in [3.8, 4) is 5.75 Å². The molecular formula is C24H31N5O6S. The maximum Gasteiger partial charge on any atom is 0.323 e. The fourth-order valence-electron chi connectivity index (χ4n) is 4.07. The maximum atomic E-state index is 12.7. The SMILES string of the molecule is COc1ccccc1S(=O)(=O)NC(CNC(=O)CC1CCN(c2ccc(C(=N)N)cc2)CC1)C(=O)O. The molecule has 0 radical (unpaired) electrons. The zero-order valence-corrected chi connectivity index (χ0v) is 20.8. The van der Waals surface area contributed by atoms with Crippen molar-refractivity contribution in [1.82, 2.24) is 10.0 Å². The van der Waals surface area contributed by atoms with Gasteiger partial charge in [-0.2, -0.15) is 4.72 Å². The lowest BCUT2D eigenvalue weighted by atomic mass is 9.93. The highest BCUT2D eigenvalue weighted by Crippen LogP contribution is 2.26. The van der Waals surface area contributed by atoms with Gasteiger partial charge in [0.25, 0.3) is 0 Å². The fourth-order valence-corrected chi connectivity index (χ4v) is 5.43. The number of methoxy groups -OCH3 is 1. The molecule has 1 unspecified atom stereocenters. The van der Waals surface area contributed by atoms with E-state index in [0.29, 0.717) is 5.56 Å². The number of hydrogen-bond acceptors (Lipinski definition) is 7. The monoisotopic (exact) mass is 517 g/mol. The highest BCUT2D eigenvalue weighted by molar-refractivity contribution is 7.89. The Balaban J connectivity index is 1.50. The van der Waals surface area contributed by atoms with Gasteiger partial charge < -0.3 is 25.8 Å². The molecule has 6 N–H and O–H groups in total. The fraction of sp³-hybridized carbons (Fsp3) is 0.375. The minimum absolute atomic E-state index is 0.0176. The largest absolute Gasteiger partial charge is 0.495 e. The quantitative estimate of drug-likeness (QED) is 0.218. The lowest BCUT2D eigenvalue weighted by Gasteiger charge is -2.33. The van der Waals surface area contributed by atoms with Gasteiger partial charge in [0.15, 0.2) is 0 Å². The van der Waals surface area contributed by atoms with Crippen molar-refractivity contribution < 1.29 is 27.9 Å². The van der Waals surface area contributed by atoms with E-state index >= 15 is 0 Å². The molecule has 1 aliphatic rings. The molecule has 36 heavy (non-hydrogen) atoms. The van der Waals surface area contributed by atoms with Gasteiger partial charge in [0.05, 0.1) is 7.11 Å². The molecular weight excluding hydrogens is 486 g/mol. The Morgan fingerprint density at radius 3 is 2.39 bits per heavy atom. The first-order valence-corrected chi connectivity index (χ1v) is 12.9. The van der Waals surface area contributed by atoms with E-state index in [0.717, 1.165) is 31.6 Å². The summed E-state index contributed by atoms with van der Waals surface area (Å²) in [5.74, 6) is -1.51. The van der Waals surface area contributed by atoms with Crippen LogP contribution in [0.2, 0.25) is 0 Å². The van der Waals surface area contributed by atoms with E-state index in [1.54, 1.807) is 18.2 Å². The first kappa shape index (κ1) is 27.0. The number of amidine groups is 1. The van der Waals surface area contributed by atoms with E-state index < -0.39 is 22.0 Å². The molecule has 1 saturated heterocycles. The van der Waals surface area contributed by atoms with Crippen LogP contribution in [0, 0.1) is 11.3 Å². The summed E-state index contributed by atoms with van der Waals surface area (Å²) in [6.45, 7) is 1.13. The highest BCUT2D eigenvalue weighted by Gasteiger charge is 2.28. The van der Waals surface area contributed by atoms with Gasteiger partial charge >= 0.3 is 5.97 Å². The smallest absolute Gasteiger partial charge is 0.323 e. The number of rotatable bonds is 11. The van der Waals surface area contributed by atoms with Crippen LogP contribution in [0.5, 0.6) is 5.75 Å². The summed E-state index contributed by atoms with van der Waals surface area (Å²) < 4.78 is 32.6. The van der Waals surface area contributed by atoms with Crippen molar-refractivity contribution in [3.63, 3.8) is 0 Å². The van der Waals surface area contributed by atoms with Gasteiger partial charge in [-0.15, -0.1) is 0 Å². The third-order valence-corrected chi connectivity index (χ3v) is 7.60. The molecule has 12 heteroatoms. The molecule has 3 rings (SSSR count). The molecule has 1 heterocycles. The first-order valence-electron chi connectivity index (χ1n) is 11.4. The van der Waals surface area contributed by atoms with E-state index in [2.05, 4.69) is 14.9 Å². The van der Waals surface area contributed by atoms with Crippen LogP contribution < -0.4 is 25.4 Å². The van der Waals surface area contributed by atoms with Crippen LogP contribution in [0.3, 0.4) is 0 Å². The number of amides is 1. The number of anilines is 1. The molecule has 0 spiro atoms. The summed E-state index contributed by atoms with van der Waals surface area (Å²) in [5, 5.41) is 19.5. The Labute approximate surface area is 210 Å². The summed E-state index contributed by atoms with van der Waals surface area (Å²) >= 11 is 0. The third-order valence-electron chi connectivity index (χ3n) is 6.09. The predicted molar refractivity (Wildman–Crippen MR) is 135 cm³/mol. The van der Waals surface area contributed by atoms with Gasteiger partial charge in [-0.25, -0.2) is 8.42 Å². The van der Waals surface area contributed by atoms with Crippen molar-refractivity contribution >= 4 is 33.4 Å². The molecule has 2 aromatic rings. The summed E-state index contributed by atoms with van der Waals surface area (Å²) in [6, 6.07) is 11.8. The van der Waals surface area contributed by atoms with Crippen molar-refractivity contribution in [2.45, 2.75) is 30.2 Å². The predicted octanol–water partition coefficient (Wildman–Crippen LogP) is 1.13. The summed E-state index contributed by atoms with van der Waals surface area (Å²) in [6.07, 6.45) is 1.79. The summed E-state index contributed by atoms with van der Waals surface area (Å²) in [4.78, 5) is 26.2. The number of aliphatic carboxylic acids is 1. The zero-order valence-electron chi connectivity index (χ0n) is 19.9. The average molecular weight is 518 g/mol. The Bertz CT molecular complexity index is 1190. The molecule has 11 nitrogen and oxygen atoms in total. The molecule has 0 saturated carbocycles. The van der Waals surface area contributed by atoms with Crippen LogP contribution >= 0.6 is 0 Å². The Hall–Kier alpha value is -3.64. The number of ether oxygens (including phenoxy) is 1. The zero-order chi connectivity index (χ0) is 26.3. The number of hydrogen-bond donors (Lipinski definition) is 5. The average Bonchev–Trinajstić information content (AvgIpc) is 2.86. The van der Waals surface area contributed by atoms with Crippen LogP contribution in [0.4, 0.5) is 5.69 Å². The molecule has 1 aliphatic heterocycles. The Morgan fingerprint density at radius 2 is 1.81 bits per heavy atom. The van der Waals surface area contributed by atoms with Gasteiger partial charge in [0.1, 0.15) is 22.5 Å². The molecule has 1 atom stereocenters. The molecule has 0 aliphatic carbocycles. The number of nitrogens with zero attached hydrogens (tertiary/aromatic N) is 1. The number of nitrogens with two attached hydrogens (primary N) is 1. The number of para-hydroxylation sites is 1. The van der Waals surface area contributed by atoms with Crippen LogP contribution in [0.15, 0.2) is 53.4 Å². The van der Waals surface area contributed by atoms with E-state index in [4.69, 9.17) is 15.9 Å². The molecule has 0 bridgehead atoms. The van der Waals surface area contributed by atoms with Crippen molar-refractivity contribution in [3.05, 3.63) is 54.1 Å². The second kappa shape index (κ2) is 11.9. The number of benzene rings is 2. The lowest BCUT2D eigenvalue weighted by molar-refractivity contribution is -0.138. The molecule has 2 aromatic carbocycles. The van der Waals surface area contributed by atoms with Crippen molar-refractivity contribution in [2.24, 2.45) is 11.7 Å². The Kier molecular flexibility index (Phi) is 8.88. The number of nitrogen functional groups attached to an aromatic ring is 1. The number of carbonyl (C=O) groups excluding carboxylic acids is 1. The molecule has 1 fully saturated rings. The van der Waals surface area contributed by atoms with Crippen molar-refractivity contribution in [2.75, 3.05) is 31.6 Å². The van der Waals surface area contributed by atoms with E-state index in [1.165, 1.54) is 25.3 Å². The first-order chi connectivity index (χ1) is 17.1. The van der Waals surface area contributed by atoms with Crippen LogP contribution in [0.1, 0.15) is 24.8 Å². The number of carboxylic acid groups (broad SMARTS) is 1. The number of carbonyl (C=O) groups is 2. The normalized spacial score (nSPS) is 15.2. The van der Waals surface area contributed by atoms with E-state index in [1.807, 2.05) is 12.1 Å². The number of nitrogens with one attached hydrogen (secondary N) is 3. The van der Waals surface area contributed by atoms with Gasteiger partial charge in [0.2, 0.25) is 15.9 Å². The molecule has 0 aromatic heterocycles. The minimum atomic E-state index is -4.19. The van der Waals surface area contributed by atoms with Gasteiger partial charge in [0, 0.05) is 37.3 Å².